The number of likely N-dealkylation sites (tertiary alicyclic amines) is 1. The van der Waals surface area contributed by atoms with Gasteiger partial charge in [-0.05, 0) is 73.9 Å². The first-order valence-electron chi connectivity index (χ1n) is 11.7. The highest BCUT2D eigenvalue weighted by Crippen LogP contribution is 2.28. The van der Waals surface area contributed by atoms with Crippen molar-refractivity contribution in [3.8, 4) is 16.9 Å². The number of aromatic nitrogens is 2. The van der Waals surface area contributed by atoms with E-state index < -0.39 is 5.97 Å². The van der Waals surface area contributed by atoms with Crippen LogP contribution >= 0.6 is 0 Å². The number of rotatable bonds is 5. The molecule has 1 atom stereocenters. The highest BCUT2D eigenvalue weighted by Gasteiger charge is 2.26. The summed E-state index contributed by atoms with van der Waals surface area (Å²) in [6, 6.07) is 23.8. The van der Waals surface area contributed by atoms with Crippen molar-refractivity contribution in [2.75, 3.05) is 13.2 Å². The van der Waals surface area contributed by atoms with Crippen molar-refractivity contribution in [1.82, 2.24) is 14.7 Å². The van der Waals surface area contributed by atoms with Crippen LogP contribution in [0.2, 0.25) is 0 Å². The number of nitrogens with zero attached hydrogens (tertiary/aromatic N) is 3. The predicted octanol–water partition coefficient (Wildman–Crippen LogP) is 5.49. The van der Waals surface area contributed by atoms with Crippen molar-refractivity contribution >= 4 is 22.6 Å². The maximum atomic E-state index is 12.9. The second-order valence-electron chi connectivity index (χ2n) is 8.65. The Bertz CT molecular complexity index is 1360. The number of carbonyl (C=O) groups is 2. The fourth-order valence-electron chi connectivity index (χ4n) is 4.58. The summed E-state index contributed by atoms with van der Waals surface area (Å²) in [5.74, 6) is -0.405. The summed E-state index contributed by atoms with van der Waals surface area (Å²) in [5.41, 5.74) is 3.39. The van der Waals surface area contributed by atoms with E-state index in [4.69, 9.17) is 4.74 Å². The molecule has 34 heavy (non-hydrogen) atoms. The van der Waals surface area contributed by atoms with Crippen LogP contribution in [0.4, 0.5) is 0 Å². The molecule has 3 aromatic carbocycles. The monoisotopic (exact) mass is 453 g/mol. The Balaban J connectivity index is 1.54. The van der Waals surface area contributed by atoms with Gasteiger partial charge in [-0.2, -0.15) is 5.10 Å². The molecule has 1 aromatic heterocycles. The van der Waals surface area contributed by atoms with Crippen LogP contribution in [-0.2, 0) is 4.74 Å². The minimum atomic E-state index is -0.460. The van der Waals surface area contributed by atoms with Gasteiger partial charge in [-0.25, -0.2) is 9.48 Å². The van der Waals surface area contributed by atoms with Gasteiger partial charge < -0.3 is 9.64 Å². The molecule has 4 aromatic rings. The molecule has 1 aliphatic heterocycles. The molecule has 6 nitrogen and oxygen atoms in total. The first-order chi connectivity index (χ1) is 16.5. The van der Waals surface area contributed by atoms with E-state index in [9.17, 15) is 9.59 Å². The van der Waals surface area contributed by atoms with Gasteiger partial charge in [-0.3, -0.25) is 4.79 Å². The van der Waals surface area contributed by atoms with E-state index in [2.05, 4.69) is 36.3 Å². The van der Waals surface area contributed by atoms with E-state index in [1.807, 2.05) is 47.4 Å². The fourth-order valence-corrected chi connectivity index (χ4v) is 4.58. The quantitative estimate of drug-likeness (QED) is 0.375. The number of hydrogen-bond acceptors (Lipinski definition) is 4. The standard InChI is InChI=1S/C28H27N3O3/c1-3-34-28(33)25-18-26(23-11-10-20-8-4-5-9-22(20)17-23)31(29-25)24-14-12-21(13-15-24)27(32)30-16-6-7-19(30)2/h4-5,8-15,17-19H,3,6-7,16H2,1-2H3. The van der Waals surface area contributed by atoms with Crippen molar-refractivity contribution in [3.05, 3.63) is 84.1 Å². The highest BCUT2D eigenvalue weighted by molar-refractivity contribution is 5.95. The zero-order chi connectivity index (χ0) is 23.7. The van der Waals surface area contributed by atoms with Crippen LogP contribution in [0, 0.1) is 0 Å². The summed E-state index contributed by atoms with van der Waals surface area (Å²) in [6.07, 6.45) is 2.09. The van der Waals surface area contributed by atoms with Crippen molar-refractivity contribution in [1.29, 1.82) is 0 Å². The molecule has 1 aliphatic rings. The molecule has 1 unspecified atom stereocenters. The molecule has 0 radical (unpaired) electrons. The lowest BCUT2D eigenvalue weighted by Gasteiger charge is -2.21. The molecule has 0 saturated carbocycles. The Labute approximate surface area is 198 Å². The van der Waals surface area contributed by atoms with Crippen molar-refractivity contribution in [3.63, 3.8) is 0 Å². The van der Waals surface area contributed by atoms with Crippen molar-refractivity contribution < 1.29 is 14.3 Å². The van der Waals surface area contributed by atoms with Crippen LogP contribution in [0.5, 0.6) is 0 Å². The smallest absolute Gasteiger partial charge is 0.358 e. The molecule has 172 valence electrons. The number of carbonyl (C=O) groups excluding carboxylic acids is 2. The van der Waals surface area contributed by atoms with Gasteiger partial charge in [0.2, 0.25) is 0 Å². The van der Waals surface area contributed by atoms with E-state index in [0.717, 1.165) is 47.1 Å². The first kappa shape index (κ1) is 21.9. The zero-order valence-electron chi connectivity index (χ0n) is 19.4. The Morgan fingerprint density at radius 3 is 2.47 bits per heavy atom. The van der Waals surface area contributed by atoms with E-state index in [1.54, 1.807) is 17.7 Å². The summed E-state index contributed by atoms with van der Waals surface area (Å²) < 4.78 is 6.93. The number of esters is 1. The molecule has 5 rings (SSSR count). The second-order valence-corrected chi connectivity index (χ2v) is 8.65. The average molecular weight is 454 g/mol. The predicted molar refractivity (Wildman–Crippen MR) is 132 cm³/mol. The number of fused-ring (bicyclic) bond motifs is 1. The molecule has 6 heteroatoms. The lowest BCUT2D eigenvalue weighted by Crippen LogP contribution is -2.33. The van der Waals surface area contributed by atoms with Crippen LogP contribution in [0.25, 0.3) is 27.7 Å². The molecule has 2 heterocycles. The fraction of sp³-hybridized carbons (Fsp3) is 0.250. The lowest BCUT2D eigenvalue weighted by molar-refractivity contribution is 0.0518. The summed E-state index contributed by atoms with van der Waals surface area (Å²) in [5, 5.41) is 6.81. The van der Waals surface area contributed by atoms with Crippen molar-refractivity contribution in [2.45, 2.75) is 32.7 Å². The van der Waals surface area contributed by atoms with Crippen LogP contribution in [0.15, 0.2) is 72.8 Å². The van der Waals surface area contributed by atoms with Crippen LogP contribution in [-0.4, -0.2) is 45.8 Å². The molecule has 0 spiro atoms. The minimum absolute atomic E-state index is 0.0546. The van der Waals surface area contributed by atoms with Crippen LogP contribution in [0.1, 0.15) is 47.5 Å². The Morgan fingerprint density at radius 2 is 1.76 bits per heavy atom. The van der Waals surface area contributed by atoms with E-state index in [0.29, 0.717) is 5.56 Å². The Morgan fingerprint density at radius 1 is 1.00 bits per heavy atom. The van der Waals surface area contributed by atoms with Gasteiger partial charge in [0, 0.05) is 23.7 Å². The van der Waals surface area contributed by atoms with Gasteiger partial charge in [0.1, 0.15) is 0 Å². The maximum absolute atomic E-state index is 12.9. The van der Waals surface area contributed by atoms with Gasteiger partial charge in [0.05, 0.1) is 18.0 Å². The average Bonchev–Trinajstić information content (AvgIpc) is 3.50. The molecule has 0 aliphatic carbocycles. The normalized spacial score (nSPS) is 15.6. The summed E-state index contributed by atoms with van der Waals surface area (Å²) in [4.78, 5) is 27.3. The SMILES string of the molecule is CCOC(=O)c1cc(-c2ccc3ccccc3c2)n(-c2ccc(C(=O)N3CCCC3C)cc2)n1. The molecular formula is C28H27N3O3. The third-order valence-electron chi connectivity index (χ3n) is 6.41. The van der Waals surface area contributed by atoms with Crippen LogP contribution in [0.3, 0.4) is 0 Å². The van der Waals surface area contributed by atoms with E-state index in [1.165, 1.54) is 0 Å². The van der Waals surface area contributed by atoms with Gasteiger partial charge in [0.15, 0.2) is 5.69 Å². The second kappa shape index (κ2) is 9.14. The van der Waals surface area contributed by atoms with Gasteiger partial charge in [-0.15, -0.1) is 0 Å². The lowest BCUT2D eigenvalue weighted by atomic mass is 10.0. The molecule has 0 bridgehead atoms. The molecular weight excluding hydrogens is 426 g/mol. The number of ether oxygens (including phenoxy) is 1. The first-order valence-corrected chi connectivity index (χ1v) is 11.7. The zero-order valence-corrected chi connectivity index (χ0v) is 19.4. The molecule has 1 saturated heterocycles. The summed E-state index contributed by atoms with van der Waals surface area (Å²) in [6.45, 7) is 4.95. The summed E-state index contributed by atoms with van der Waals surface area (Å²) in [7, 11) is 0. The Kier molecular flexibility index (Phi) is 5.88. The minimum Gasteiger partial charge on any atom is -0.461 e. The van der Waals surface area contributed by atoms with E-state index >= 15 is 0 Å². The third kappa shape index (κ3) is 4.07. The molecule has 0 N–H and O–H groups in total. The molecule has 1 fully saturated rings. The van der Waals surface area contributed by atoms with Crippen LogP contribution < -0.4 is 0 Å². The van der Waals surface area contributed by atoms with Crippen molar-refractivity contribution in [2.24, 2.45) is 0 Å². The summed E-state index contributed by atoms with van der Waals surface area (Å²) >= 11 is 0. The molecule has 1 amide bonds. The topological polar surface area (TPSA) is 64.4 Å². The number of hydrogen-bond donors (Lipinski definition) is 0. The van der Waals surface area contributed by atoms with Gasteiger partial charge in [-0.1, -0.05) is 36.4 Å². The largest absolute Gasteiger partial charge is 0.461 e. The number of amides is 1. The maximum Gasteiger partial charge on any atom is 0.358 e. The third-order valence-corrected chi connectivity index (χ3v) is 6.41. The number of benzene rings is 3. The highest BCUT2D eigenvalue weighted by atomic mass is 16.5. The van der Waals surface area contributed by atoms with E-state index in [-0.39, 0.29) is 24.2 Å². The van der Waals surface area contributed by atoms with Gasteiger partial charge in [0.25, 0.3) is 5.91 Å². The Hall–Kier alpha value is -3.93. The van der Waals surface area contributed by atoms with Gasteiger partial charge >= 0.3 is 5.97 Å².